The topological polar surface area (TPSA) is 134 Å². The maximum absolute atomic E-state index is 12.6. The van der Waals surface area contributed by atoms with Crippen LogP contribution >= 0.6 is 7.82 Å². The monoisotopic (exact) mass is 794 g/mol. The highest BCUT2D eigenvalue weighted by Crippen LogP contribution is 2.43. The van der Waals surface area contributed by atoms with E-state index in [0.29, 0.717) is 12.8 Å². The quantitative estimate of drug-likeness (QED) is 0.0269. The lowest BCUT2D eigenvalue weighted by Gasteiger charge is -2.19. The second-order valence-electron chi connectivity index (χ2n) is 14.2. The van der Waals surface area contributed by atoms with Gasteiger partial charge in [-0.15, -0.1) is 0 Å². The highest BCUT2D eigenvalue weighted by atomic mass is 31.2. The maximum Gasteiger partial charge on any atom is 0.472 e. The van der Waals surface area contributed by atoms with Gasteiger partial charge in [-0.1, -0.05) is 177 Å². The third-order valence-corrected chi connectivity index (χ3v) is 9.90. The molecule has 1 unspecified atom stereocenters. The molecule has 0 bridgehead atoms. The van der Waals surface area contributed by atoms with Gasteiger partial charge in [0.2, 0.25) is 0 Å². The molecule has 0 amide bonds. The first-order chi connectivity index (χ1) is 26.8. The first kappa shape index (κ1) is 52.7. The molecule has 10 heteroatoms. The summed E-state index contributed by atoms with van der Waals surface area (Å²) >= 11 is 0. The van der Waals surface area contributed by atoms with Crippen LogP contribution in [0.2, 0.25) is 0 Å². The van der Waals surface area contributed by atoms with Gasteiger partial charge in [-0.2, -0.15) is 0 Å². The van der Waals surface area contributed by atoms with Crippen molar-refractivity contribution in [1.29, 1.82) is 0 Å². The number of carbonyl (C=O) groups is 2. The van der Waals surface area contributed by atoms with Gasteiger partial charge < -0.3 is 20.1 Å². The van der Waals surface area contributed by atoms with Crippen LogP contribution in [0.3, 0.4) is 0 Å². The Bertz CT molecular complexity index is 1090. The highest BCUT2D eigenvalue weighted by Gasteiger charge is 2.25. The zero-order chi connectivity index (χ0) is 40.3. The number of ether oxygens (including phenoxy) is 2. The van der Waals surface area contributed by atoms with Crippen molar-refractivity contribution in [3.8, 4) is 0 Å². The van der Waals surface area contributed by atoms with Gasteiger partial charge >= 0.3 is 19.8 Å². The van der Waals surface area contributed by atoms with Crippen LogP contribution in [0.25, 0.3) is 0 Å². The number of rotatable bonds is 40. The molecule has 9 nitrogen and oxygen atoms in total. The Morgan fingerprint density at radius 2 is 1.00 bits per heavy atom. The molecule has 3 N–H and O–H groups in total. The van der Waals surface area contributed by atoms with E-state index in [1.165, 1.54) is 83.5 Å². The van der Waals surface area contributed by atoms with Crippen LogP contribution in [0.4, 0.5) is 0 Å². The lowest BCUT2D eigenvalue weighted by atomic mass is 10.0. The smallest absolute Gasteiger partial charge is 0.462 e. The van der Waals surface area contributed by atoms with Crippen molar-refractivity contribution in [3.05, 3.63) is 60.8 Å². The summed E-state index contributed by atoms with van der Waals surface area (Å²) in [7, 11) is -4.39. The summed E-state index contributed by atoms with van der Waals surface area (Å²) in [6.07, 6.45) is 48.3. The predicted octanol–water partition coefficient (Wildman–Crippen LogP) is 12.5. The Morgan fingerprint density at radius 3 is 1.47 bits per heavy atom. The molecule has 0 saturated carbocycles. The van der Waals surface area contributed by atoms with Crippen molar-refractivity contribution in [2.24, 2.45) is 5.73 Å². The second-order valence-corrected chi connectivity index (χ2v) is 15.6. The van der Waals surface area contributed by atoms with Gasteiger partial charge in [0, 0.05) is 19.4 Å². The molecule has 0 aliphatic carbocycles. The third-order valence-electron chi connectivity index (χ3n) is 8.92. The molecule has 55 heavy (non-hydrogen) atoms. The summed E-state index contributed by atoms with van der Waals surface area (Å²) in [6, 6.07) is 0. The number of phosphoric acid groups is 1. The molecule has 0 aliphatic heterocycles. The molecule has 0 rings (SSSR count). The number of carbonyl (C=O) groups excluding carboxylic acids is 2. The van der Waals surface area contributed by atoms with E-state index in [1.54, 1.807) is 0 Å². The minimum Gasteiger partial charge on any atom is -0.462 e. The normalized spacial score (nSPS) is 13.9. The summed E-state index contributed by atoms with van der Waals surface area (Å²) < 4.78 is 32.7. The second kappa shape index (κ2) is 41.3. The van der Waals surface area contributed by atoms with E-state index < -0.39 is 32.5 Å². The minimum atomic E-state index is -4.39. The molecule has 0 saturated heterocycles. The van der Waals surface area contributed by atoms with Gasteiger partial charge in [-0.25, -0.2) is 4.57 Å². The van der Waals surface area contributed by atoms with Crippen molar-refractivity contribution in [2.45, 2.75) is 187 Å². The van der Waals surface area contributed by atoms with Gasteiger partial charge in [0.15, 0.2) is 6.10 Å². The average Bonchev–Trinajstić information content (AvgIpc) is 3.17. The number of nitrogens with two attached hydrogens (primary N) is 1. The zero-order valence-electron chi connectivity index (χ0n) is 34.9. The molecular formula is C45H80NO8P. The Labute approximate surface area is 336 Å². The molecule has 0 heterocycles. The van der Waals surface area contributed by atoms with E-state index in [9.17, 15) is 19.0 Å². The van der Waals surface area contributed by atoms with Crippen LogP contribution in [-0.2, 0) is 32.7 Å². The van der Waals surface area contributed by atoms with Gasteiger partial charge in [-0.05, 0) is 51.4 Å². The van der Waals surface area contributed by atoms with E-state index >= 15 is 0 Å². The van der Waals surface area contributed by atoms with Gasteiger partial charge in [0.25, 0.3) is 0 Å². The number of hydrogen-bond acceptors (Lipinski definition) is 8. The first-order valence-electron chi connectivity index (χ1n) is 21.8. The lowest BCUT2D eigenvalue weighted by Crippen LogP contribution is -2.29. The lowest BCUT2D eigenvalue weighted by molar-refractivity contribution is -0.161. The fourth-order valence-corrected chi connectivity index (χ4v) is 6.49. The molecular weight excluding hydrogens is 713 g/mol. The molecule has 318 valence electrons. The molecule has 0 radical (unpaired) electrons. The molecule has 2 atom stereocenters. The number of esters is 2. The number of phosphoric ester groups is 1. The van der Waals surface area contributed by atoms with E-state index in [2.05, 4.69) is 68.5 Å². The SMILES string of the molecule is CC/C=C/C/C=C/C/C=C/C/C=C/C/C=C/CCCC(=O)OC[C@H](COP(=O)(O)OCCN)OC(=O)CCCCCCCCCCCCCCCCCCC. The van der Waals surface area contributed by atoms with E-state index in [1.807, 2.05) is 6.08 Å². The Morgan fingerprint density at radius 1 is 0.564 bits per heavy atom. The molecule has 0 spiro atoms. The summed E-state index contributed by atoms with van der Waals surface area (Å²) in [5.74, 6) is -0.896. The number of hydrogen-bond donors (Lipinski definition) is 2. The number of allylic oxidation sites excluding steroid dienone is 10. The van der Waals surface area contributed by atoms with Crippen LogP contribution in [-0.4, -0.2) is 49.3 Å². The third kappa shape index (κ3) is 41.2. The van der Waals surface area contributed by atoms with Crippen LogP contribution in [0.15, 0.2) is 60.8 Å². The van der Waals surface area contributed by atoms with Crippen LogP contribution in [0, 0.1) is 0 Å². The molecule has 0 aromatic heterocycles. The highest BCUT2D eigenvalue weighted by molar-refractivity contribution is 7.47. The van der Waals surface area contributed by atoms with E-state index in [-0.39, 0.29) is 32.6 Å². The Kier molecular flexibility index (Phi) is 39.6. The molecule has 0 aromatic carbocycles. The van der Waals surface area contributed by atoms with Crippen LogP contribution in [0.5, 0.6) is 0 Å². The van der Waals surface area contributed by atoms with Crippen molar-refractivity contribution in [2.75, 3.05) is 26.4 Å². The van der Waals surface area contributed by atoms with Gasteiger partial charge in [0.05, 0.1) is 13.2 Å². The molecule has 0 fully saturated rings. The zero-order valence-corrected chi connectivity index (χ0v) is 35.8. The predicted molar refractivity (Wildman–Crippen MR) is 229 cm³/mol. The Balaban J connectivity index is 4.23. The van der Waals surface area contributed by atoms with Crippen molar-refractivity contribution in [1.82, 2.24) is 0 Å². The van der Waals surface area contributed by atoms with Crippen molar-refractivity contribution in [3.63, 3.8) is 0 Å². The minimum absolute atomic E-state index is 0.0446. The largest absolute Gasteiger partial charge is 0.472 e. The van der Waals surface area contributed by atoms with Crippen LogP contribution < -0.4 is 5.73 Å². The Hall–Kier alpha value is -2.29. The summed E-state index contributed by atoms with van der Waals surface area (Å²) in [5, 5.41) is 0. The van der Waals surface area contributed by atoms with Crippen LogP contribution in [0.1, 0.15) is 181 Å². The standard InChI is InChI=1S/C45H80NO8P/c1-3-5-7-9-11-13-15-17-19-21-23-25-27-29-31-33-35-37-44(47)51-41-43(42-53-55(49,50)52-40-39-46)54-45(48)38-36-34-32-30-28-26-24-22-20-18-16-14-12-10-8-6-4-2/h5,7,11,13,17,19,23,25,29,31,43H,3-4,6,8-10,12,14-16,18,20-22,24,26-28,30,32-42,46H2,1-2H3,(H,49,50)/b7-5+,13-11+,19-17+,25-23+,31-29+/t43-/m1/s1. The first-order valence-corrected chi connectivity index (χ1v) is 23.3. The van der Waals surface area contributed by atoms with E-state index in [0.717, 1.165) is 57.8 Å². The summed E-state index contributed by atoms with van der Waals surface area (Å²) in [4.78, 5) is 34.8. The average molecular weight is 794 g/mol. The van der Waals surface area contributed by atoms with Gasteiger partial charge in [-0.3, -0.25) is 18.6 Å². The fraction of sp³-hybridized carbons (Fsp3) is 0.733. The van der Waals surface area contributed by atoms with Crippen molar-refractivity contribution >= 4 is 19.8 Å². The maximum atomic E-state index is 12.6. The summed E-state index contributed by atoms with van der Waals surface area (Å²) in [6.45, 7) is 3.56. The molecule has 0 aliphatic rings. The molecule has 0 aromatic rings. The van der Waals surface area contributed by atoms with E-state index in [4.69, 9.17) is 24.3 Å². The van der Waals surface area contributed by atoms with Gasteiger partial charge in [0.1, 0.15) is 6.61 Å². The summed E-state index contributed by atoms with van der Waals surface area (Å²) in [5.41, 5.74) is 5.34. The fourth-order valence-electron chi connectivity index (χ4n) is 5.73. The number of unbranched alkanes of at least 4 members (excludes halogenated alkanes) is 17. The van der Waals surface area contributed by atoms with Crippen molar-refractivity contribution < 1.29 is 37.6 Å².